The molecule has 1 rings (SSSR count). The van der Waals surface area contributed by atoms with Crippen LogP contribution in [0.1, 0.15) is 6.42 Å². The Balaban J connectivity index is 2.58. The summed E-state index contributed by atoms with van der Waals surface area (Å²) in [5.74, 6) is -2.72. The van der Waals surface area contributed by atoms with Crippen molar-refractivity contribution >= 4 is 11.8 Å². The van der Waals surface area contributed by atoms with Gasteiger partial charge in [0.25, 0.3) is 0 Å². The molecule has 1 aliphatic rings. The van der Waals surface area contributed by atoms with Crippen LogP contribution >= 0.6 is 0 Å². The highest BCUT2D eigenvalue weighted by molar-refractivity contribution is 6.32. The van der Waals surface area contributed by atoms with Crippen molar-refractivity contribution in [2.24, 2.45) is 0 Å². The number of ether oxygens (including phenoxy) is 1. The van der Waals surface area contributed by atoms with Gasteiger partial charge in [-0.1, -0.05) is 0 Å². The molecule has 0 aromatic rings. The van der Waals surface area contributed by atoms with Gasteiger partial charge in [-0.15, -0.1) is 0 Å². The predicted octanol–water partition coefficient (Wildman–Crippen LogP) is -2.49. The van der Waals surface area contributed by atoms with Gasteiger partial charge in [0.2, 0.25) is 5.78 Å². The Morgan fingerprint density at radius 2 is 1.67 bits per heavy atom. The molecule has 0 unspecified atom stereocenters. The van der Waals surface area contributed by atoms with E-state index in [9.17, 15) is 19.8 Å². The molecule has 15 heavy (non-hydrogen) atoms. The van der Waals surface area contributed by atoms with Crippen molar-refractivity contribution in [3.05, 3.63) is 0 Å². The molecule has 1 saturated heterocycles. The molecule has 0 bridgehead atoms. The maximum absolute atomic E-state index is 10.8. The molecular weight excluding hydrogens is 208 g/mol. The molecule has 0 aromatic heterocycles. The summed E-state index contributed by atoms with van der Waals surface area (Å²) in [7, 11) is 0. The number of Topliss-reactive ketones (excluding diaryl/α,β-unsaturated/α-hetero) is 1. The third-order valence-corrected chi connectivity index (χ3v) is 2.27. The molecule has 0 spiro atoms. The summed E-state index contributed by atoms with van der Waals surface area (Å²) in [6, 6.07) is 0. The van der Waals surface area contributed by atoms with Gasteiger partial charge in [-0.2, -0.15) is 0 Å². The van der Waals surface area contributed by atoms with Gasteiger partial charge >= 0.3 is 5.97 Å². The molecule has 0 saturated carbocycles. The first-order valence-electron chi connectivity index (χ1n) is 4.36. The van der Waals surface area contributed by atoms with Crippen molar-refractivity contribution in [3.63, 3.8) is 0 Å². The smallest absolute Gasteiger partial charge is 0.372 e. The highest BCUT2D eigenvalue weighted by Crippen LogP contribution is 2.23. The zero-order valence-electron chi connectivity index (χ0n) is 7.74. The quantitative estimate of drug-likeness (QED) is 0.386. The van der Waals surface area contributed by atoms with Crippen molar-refractivity contribution in [3.8, 4) is 0 Å². The molecule has 1 heterocycles. The van der Waals surface area contributed by atoms with Crippen molar-refractivity contribution < 1.29 is 34.8 Å². The number of aliphatic hydroxyl groups excluding tert-OH is 3. The molecule has 7 heteroatoms. The molecule has 1 fully saturated rings. The molecule has 4 N–H and O–H groups in total. The van der Waals surface area contributed by atoms with Crippen LogP contribution in [-0.4, -0.2) is 63.2 Å². The normalized spacial score (nSPS) is 35.4. The van der Waals surface area contributed by atoms with E-state index in [0.717, 1.165) is 0 Å². The van der Waals surface area contributed by atoms with E-state index in [2.05, 4.69) is 0 Å². The molecule has 0 radical (unpaired) electrons. The van der Waals surface area contributed by atoms with Gasteiger partial charge in [-0.25, -0.2) is 4.79 Å². The Labute approximate surface area is 84.9 Å². The monoisotopic (exact) mass is 220 g/mol. The first kappa shape index (κ1) is 12.1. The van der Waals surface area contributed by atoms with E-state index in [1.165, 1.54) is 0 Å². The maximum Gasteiger partial charge on any atom is 0.372 e. The molecule has 0 aromatic carbocycles. The van der Waals surface area contributed by atoms with E-state index in [1.807, 2.05) is 0 Å². The summed E-state index contributed by atoms with van der Waals surface area (Å²) >= 11 is 0. The number of carbonyl (C=O) groups excluding carboxylic acids is 1. The third kappa shape index (κ3) is 2.51. The topological polar surface area (TPSA) is 124 Å². The number of hydrogen-bond acceptors (Lipinski definition) is 6. The fourth-order valence-electron chi connectivity index (χ4n) is 1.42. The van der Waals surface area contributed by atoms with E-state index >= 15 is 0 Å². The van der Waals surface area contributed by atoms with Crippen LogP contribution in [0.2, 0.25) is 0 Å². The maximum atomic E-state index is 10.8. The minimum atomic E-state index is -1.62. The van der Waals surface area contributed by atoms with Gasteiger partial charge in [-0.3, -0.25) is 4.79 Å². The van der Waals surface area contributed by atoms with Crippen LogP contribution in [0.4, 0.5) is 0 Å². The Hall–Kier alpha value is -1.02. The van der Waals surface area contributed by atoms with Crippen LogP contribution in [0.25, 0.3) is 0 Å². The number of aliphatic hydroxyl groups is 3. The largest absolute Gasteiger partial charge is 0.475 e. The number of rotatable bonds is 4. The van der Waals surface area contributed by atoms with E-state index in [0.29, 0.717) is 0 Å². The van der Waals surface area contributed by atoms with E-state index in [-0.39, 0.29) is 0 Å². The lowest BCUT2D eigenvalue weighted by molar-refractivity contribution is -0.150. The standard InChI is InChI=1S/C8H12O7/c9-2-5-7(12)6(11)4(15-5)1-3(10)8(13)14/h4-7,9,11-12H,1-2H2,(H,13,14)/t4-,5-,6-,7-/m1/s1. The lowest BCUT2D eigenvalue weighted by Crippen LogP contribution is -2.35. The second-order valence-electron chi connectivity index (χ2n) is 3.31. The predicted molar refractivity (Wildman–Crippen MR) is 45.0 cm³/mol. The number of ketones is 1. The highest BCUT2D eigenvalue weighted by Gasteiger charge is 2.43. The van der Waals surface area contributed by atoms with E-state index in [1.54, 1.807) is 0 Å². The Morgan fingerprint density at radius 3 is 2.07 bits per heavy atom. The summed E-state index contributed by atoms with van der Waals surface area (Å²) in [6.07, 6.45) is -5.25. The molecule has 0 amide bonds. The number of carboxylic acid groups (broad SMARTS) is 1. The van der Waals surface area contributed by atoms with Crippen molar-refractivity contribution in [1.29, 1.82) is 0 Å². The molecule has 0 aliphatic carbocycles. The van der Waals surface area contributed by atoms with Gasteiger partial charge in [-0.05, 0) is 0 Å². The van der Waals surface area contributed by atoms with Gasteiger partial charge < -0.3 is 25.2 Å². The van der Waals surface area contributed by atoms with Crippen LogP contribution in [-0.2, 0) is 14.3 Å². The van der Waals surface area contributed by atoms with Crippen molar-refractivity contribution in [1.82, 2.24) is 0 Å². The summed E-state index contributed by atoms with van der Waals surface area (Å²) in [6.45, 7) is -0.504. The highest BCUT2D eigenvalue weighted by atomic mass is 16.6. The minimum absolute atomic E-state index is 0.504. The molecule has 86 valence electrons. The molecule has 4 atom stereocenters. The number of aliphatic carboxylic acids is 1. The lowest BCUT2D eigenvalue weighted by atomic mass is 10.0. The van der Waals surface area contributed by atoms with Crippen molar-refractivity contribution in [2.75, 3.05) is 6.61 Å². The fourth-order valence-corrected chi connectivity index (χ4v) is 1.42. The summed E-state index contributed by atoms with van der Waals surface area (Å²) in [5, 5.41) is 35.7. The Kier molecular flexibility index (Phi) is 3.75. The molecular formula is C8H12O7. The van der Waals surface area contributed by atoms with Gasteiger partial charge in [0, 0.05) is 6.42 Å². The Morgan fingerprint density at radius 1 is 1.13 bits per heavy atom. The van der Waals surface area contributed by atoms with Crippen LogP contribution in [0.15, 0.2) is 0 Å². The van der Waals surface area contributed by atoms with E-state index in [4.69, 9.17) is 14.9 Å². The first-order chi connectivity index (χ1) is 6.97. The minimum Gasteiger partial charge on any atom is -0.475 e. The summed E-state index contributed by atoms with van der Waals surface area (Å²) in [4.78, 5) is 21.0. The lowest BCUT2D eigenvalue weighted by Gasteiger charge is -2.12. The average Bonchev–Trinajstić information content (AvgIpc) is 2.45. The second-order valence-corrected chi connectivity index (χ2v) is 3.31. The second kappa shape index (κ2) is 4.67. The Bertz CT molecular complexity index is 264. The zero-order valence-corrected chi connectivity index (χ0v) is 7.74. The van der Waals surface area contributed by atoms with Gasteiger partial charge in [0.1, 0.15) is 18.3 Å². The van der Waals surface area contributed by atoms with Crippen LogP contribution in [0.5, 0.6) is 0 Å². The number of carbonyl (C=O) groups is 2. The van der Waals surface area contributed by atoms with Crippen LogP contribution < -0.4 is 0 Å². The third-order valence-electron chi connectivity index (χ3n) is 2.27. The zero-order chi connectivity index (χ0) is 11.6. The summed E-state index contributed by atoms with van der Waals surface area (Å²) in [5.41, 5.74) is 0. The average molecular weight is 220 g/mol. The number of hydrogen-bond donors (Lipinski definition) is 4. The first-order valence-corrected chi connectivity index (χ1v) is 4.36. The molecule has 1 aliphatic heterocycles. The van der Waals surface area contributed by atoms with Crippen LogP contribution in [0, 0.1) is 0 Å². The fraction of sp³-hybridized carbons (Fsp3) is 0.750. The van der Waals surface area contributed by atoms with Gasteiger partial charge in [0.05, 0.1) is 12.7 Å². The SMILES string of the molecule is O=C(O)C(=O)C[C@H]1O[C@H](CO)[C@@H](O)[C@@H]1O. The van der Waals surface area contributed by atoms with Crippen LogP contribution in [0.3, 0.4) is 0 Å². The van der Waals surface area contributed by atoms with E-state index < -0.39 is 49.2 Å². The van der Waals surface area contributed by atoms with Gasteiger partial charge in [0.15, 0.2) is 0 Å². The molecule has 7 nitrogen and oxygen atoms in total. The summed E-state index contributed by atoms with van der Waals surface area (Å²) < 4.78 is 4.92. The van der Waals surface area contributed by atoms with Crippen molar-refractivity contribution in [2.45, 2.75) is 30.8 Å². The number of carboxylic acids is 1.